The van der Waals surface area contributed by atoms with Gasteiger partial charge in [0, 0.05) is 36.5 Å². The van der Waals surface area contributed by atoms with Gasteiger partial charge in [0.05, 0.1) is 6.54 Å². The number of aromatic nitrogens is 1. The second-order valence-electron chi connectivity index (χ2n) is 5.39. The number of hydrogen-bond donors (Lipinski definition) is 2. The van der Waals surface area contributed by atoms with E-state index in [1.807, 2.05) is 18.2 Å². The molecule has 0 amide bonds. The summed E-state index contributed by atoms with van der Waals surface area (Å²) in [6.07, 6.45) is 2.40. The molecule has 9 heteroatoms. The zero-order chi connectivity index (χ0) is 18.4. The number of nitrogens with one attached hydrogen (secondary N) is 1. The van der Waals surface area contributed by atoms with Crippen molar-refractivity contribution >= 4 is 5.96 Å². The maximum atomic E-state index is 12.6. The highest BCUT2D eigenvalue weighted by molar-refractivity contribution is 5.77. The smallest absolute Gasteiger partial charge is 0.387 e. The van der Waals surface area contributed by atoms with E-state index in [4.69, 9.17) is 15.2 Å². The summed E-state index contributed by atoms with van der Waals surface area (Å²) in [4.78, 5) is 8.37. The van der Waals surface area contributed by atoms with Crippen LogP contribution in [0, 0.1) is 0 Å². The molecule has 1 aromatic carbocycles. The van der Waals surface area contributed by atoms with Crippen LogP contribution in [0.15, 0.2) is 41.5 Å². The van der Waals surface area contributed by atoms with E-state index in [-0.39, 0.29) is 25.0 Å². The van der Waals surface area contributed by atoms with Crippen molar-refractivity contribution in [1.82, 2.24) is 10.3 Å². The lowest BCUT2D eigenvalue weighted by atomic mass is 10.1. The summed E-state index contributed by atoms with van der Waals surface area (Å²) in [5.74, 6) is 0.990. The Morgan fingerprint density at radius 2 is 2.12 bits per heavy atom. The van der Waals surface area contributed by atoms with E-state index in [0.29, 0.717) is 30.0 Å². The van der Waals surface area contributed by atoms with E-state index in [9.17, 15) is 8.78 Å². The summed E-state index contributed by atoms with van der Waals surface area (Å²) >= 11 is 0. The summed E-state index contributed by atoms with van der Waals surface area (Å²) in [7, 11) is 0. The van der Waals surface area contributed by atoms with Crippen LogP contribution in [-0.2, 0) is 13.0 Å². The summed E-state index contributed by atoms with van der Waals surface area (Å²) in [5.41, 5.74) is 7.17. The van der Waals surface area contributed by atoms with Crippen molar-refractivity contribution in [1.29, 1.82) is 0 Å². The standard InChI is InChI=1S/C17H18F2N4O3/c18-16(19)26-13-8-15-14(24-10-25-15)7-11(13)9-23-17(20)22-6-4-12-3-1-2-5-21-12/h1-3,5,7-8,16H,4,6,9-10H2,(H3,20,22,23). The maximum Gasteiger partial charge on any atom is 0.387 e. The predicted molar refractivity (Wildman–Crippen MR) is 90.5 cm³/mol. The van der Waals surface area contributed by atoms with Gasteiger partial charge in [-0.25, -0.2) is 4.99 Å². The van der Waals surface area contributed by atoms with Crippen LogP contribution in [0.25, 0.3) is 0 Å². The van der Waals surface area contributed by atoms with Crippen molar-refractivity contribution in [3.05, 3.63) is 47.8 Å². The molecule has 0 fully saturated rings. The van der Waals surface area contributed by atoms with Crippen LogP contribution in [0.4, 0.5) is 8.78 Å². The van der Waals surface area contributed by atoms with Crippen molar-refractivity contribution < 1.29 is 23.0 Å². The number of aliphatic imine (C=N–C) groups is 1. The predicted octanol–water partition coefficient (Wildman–Crippen LogP) is 2.06. The molecule has 0 aliphatic carbocycles. The van der Waals surface area contributed by atoms with Crippen LogP contribution in [-0.4, -0.2) is 30.9 Å². The number of benzene rings is 1. The van der Waals surface area contributed by atoms with Crippen molar-refractivity contribution in [2.24, 2.45) is 10.7 Å². The number of pyridine rings is 1. The number of fused-ring (bicyclic) bond motifs is 1. The van der Waals surface area contributed by atoms with Crippen LogP contribution in [0.3, 0.4) is 0 Å². The van der Waals surface area contributed by atoms with Crippen LogP contribution in [0.1, 0.15) is 11.3 Å². The van der Waals surface area contributed by atoms with Gasteiger partial charge < -0.3 is 25.3 Å². The molecule has 7 nitrogen and oxygen atoms in total. The van der Waals surface area contributed by atoms with Gasteiger partial charge in [0.15, 0.2) is 17.5 Å². The largest absolute Gasteiger partial charge is 0.454 e. The zero-order valence-electron chi connectivity index (χ0n) is 13.8. The highest BCUT2D eigenvalue weighted by Crippen LogP contribution is 2.38. The lowest BCUT2D eigenvalue weighted by molar-refractivity contribution is -0.0505. The second kappa shape index (κ2) is 8.32. The minimum atomic E-state index is -2.95. The van der Waals surface area contributed by atoms with Crippen LogP contribution in [0.2, 0.25) is 0 Å². The van der Waals surface area contributed by atoms with Gasteiger partial charge in [-0.15, -0.1) is 0 Å². The topological polar surface area (TPSA) is 91.0 Å². The van der Waals surface area contributed by atoms with E-state index in [1.54, 1.807) is 12.3 Å². The van der Waals surface area contributed by atoms with Crippen molar-refractivity contribution in [3.8, 4) is 17.2 Å². The Labute approximate surface area is 148 Å². The number of guanidine groups is 1. The van der Waals surface area contributed by atoms with E-state index in [0.717, 1.165) is 5.69 Å². The number of nitrogens with two attached hydrogens (primary N) is 1. The van der Waals surface area contributed by atoms with Crippen LogP contribution < -0.4 is 25.3 Å². The third-order valence-electron chi connectivity index (χ3n) is 3.60. The Hall–Kier alpha value is -3.10. The van der Waals surface area contributed by atoms with Crippen LogP contribution in [0.5, 0.6) is 17.2 Å². The third-order valence-corrected chi connectivity index (χ3v) is 3.60. The summed E-state index contributed by atoms with van der Waals surface area (Å²) in [6.45, 7) is -2.31. The van der Waals surface area contributed by atoms with Crippen LogP contribution >= 0.6 is 0 Å². The van der Waals surface area contributed by atoms with E-state index >= 15 is 0 Å². The summed E-state index contributed by atoms with van der Waals surface area (Å²) in [5, 5.41) is 2.96. The molecule has 0 atom stereocenters. The Kier molecular flexibility index (Phi) is 5.67. The Morgan fingerprint density at radius 3 is 2.85 bits per heavy atom. The highest BCUT2D eigenvalue weighted by Gasteiger charge is 2.19. The molecule has 2 heterocycles. The zero-order valence-corrected chi connectivity index (χ0v) is 13.8. The number of halogens is 2. The molecule has 0 spiro atoms. The quantitative estimate of drug-likeness (QED) is 0.577. The first-order chi connectivity index (χ1) is 12.6. The average molecular weight is 364 g/mol. The molecule has 138 valence electrons. The van der Waals surface area contributed by atoms with Gasteiger partial charge in [-0.05, 0) is 18.2 Å². The lowest BCUT2D eigenvalue weighted by Crippen LogP contribution is -2.33. The SMILES string of the molecule is NC(=NCc1cc2c(cc1OC(F)F)OCO2)NCCc1ccccn1. The number of nitrogens with zero attached hydrogens (tertiary/aromatic N) is 2. The first kappa shape index (κ1) is 17.7. The highest BCUT2D eigenvalue weighted by atomic mass is 19.3. The molecule has 0 unspecified atom stereocenters. The Bertz CT molecular complexity index is 772. The Morgan fingerprint density at radius 1 is 1.31 bits per heavy atom. The number of rotatable bonds is 7. The van der Waals surface area contributed by atoms with E-state index in [2.05, 4.69) is 20.0 Å². The normalized spacial score (nSPS) is 13.1. The minimum absolute atomic E-state index is 0.0192. The van der Waals surface area contributed by atoms with Crippen molar-refractivity contribution in [2.75, 3.05) is 13.3 Å². The fraction of sp³-hybridized carbons (Fsp3) is 0.294. The first-order valence-electron chi connectivity index (χ1n) is 7.93. The van der Waals surface area contributed by atoms with Gasteiger partial charge in [0.2, 0.25) is 6.79 Å². The molecule has 0 radical (unpaired) electrons. The first-order valence-corrected chi connectivity index (χ1v) is 7.93. The third kappa shape index (κ3) is 4.71. The lowest BCUT2D eigenvalue weighted by Gasteiger charge is -2.11. The molecule has 1 aliphatic rings. The maximum absolute atomic E-state index is 12.6. The summed E-state index contributed by atoms with van der Waals surface area (Å²) in [6, 6.07) is 8.59. The number of hydrogen-bond acceptors (Lipinski definition) is 5. The monoisotopic (exact) mass is 364 g/mol. The van der Waals surface area contributed by atoms with E-state index < -0.39 is 6.61 Å². The fourth-order valence-electron chi connectivity index (χ4n) is 2.39. The van der Waals surface area contributed by atoms with Crippen molar-refractivity contribution in [3.63, 3.8) is 0 Å². The number of ether oxygens (including phenoxy) is 3. The van der Waals surface area contributed by atoms with E-state index in [1.165, 1.54) is 6.07 Å². The molecule has 0 saturated heterocycles. The molecule has 26 heavy (non-hydrogen) atoms. The molecule has 3 rings (SSSR count). The van der Waals surface area contributed by atoms with Gasteiger partial charge in [0.25, 0.3) is 0 Å². The molecule has 2 aromatic rings. The second-order valence-corrected chi connectivity index (χ2v) is 5.39. The fourth-order valence-corrected chi connectivity index (χ4v) is 2.39. The molecule has 1 aromatic heterocycles. The minimum Gasteiger partial charge on any atom is -0.454 e. The van der Waals surface area contributed by atoms with Gasteiger partial charge in [-0.2, -0.15) is 8.78 Å². The number of alkyl halides is 2. The molecule has 0 saturated carbocycles. The molecule has 0 bridgehead atoms. The Balaban J connectivity index is 1.61. The molecule has 3 N–H and O–H groups in total. The molecular formula is C17H18F2N4O3. The molecule has 1 aliphatic heterocycles. The van der Waals surface area contributed by atoms with Gasteiger partial charge in [-0.3, -0.25) is 4.98 Å². The van der Waals surface area contributed by atoms with Gasteiger partial charge in [0.1, 0.15) is 5.75 Å². The molecular weight excluding hydrogens is 346 g/mol. The summed E-state index contributed by atoms with van der Waals surface area (Å²) < 4.78 is 40.2. The van der Waals surface area contributed by atoms with Crippen molar-refractivity contribution in [2.45, 2.75) is 19.6 Å². The van der Waals surface area contributed by atoms with Gasteiger partial charge >= 0.3 is 6.61 Å². The van der Waals surface area contributed by atoms with Gasteiger partial charge in [-0.1, -0.05) is 6.07 Å². The average Bonchev–Trinajstić information content (AvgIpc) is 3.07.